The van der Waals surface area contributed by atoms with E-state index in [1.165, 1.54) is 23.7 Å². The molecule has 1 aromatic carbocycles. The number of thiophene rings is 1. The van der Waals surface area contributed by atoms with Crippen molar-refractivity contribution in [3.8, 4) is 16.5 Å². The second-order valence-corrected chi connectivity index (χ2v) is 6.86. The predicted octanol–water partition coefficient (Wildman–Crippen LogP) is 5.22. The van der Waals surface area contributed by atoms with Crippen molar-refractivity contribution in [3.05, 3.63) is 57.7 Å². The fraction of sp³-hybridized carbons (Fsp3) is 0.176. The number of hydrogen-bond donors (Lipinski definition) is 0. The Kier molecular flexibility index (Phi) is 5.63. The normalized spacial score (nSPS) is 12.0. The highest BCUT2D eigenvalue weighted by molar-refractivity contribution is 7.13. The van der Waals surface area contributed by atoms with Gasteiger partial charge in [0.05, 0.1) is 9.90 Å². The molecule has 0 unspecified atom stereocenters. The molecule has 8 heteroatoms. The van der Waals surface area contributed by atoms with Gasteiger partial charge in [-0.2, -0.15) is 0 Å². The van der Waals surface area contributed by atoms with Crippen LogP contribution < -0.4 is 4.74 Å². The van der Waals surface area contributed by atoms with E-state index in [1.807, 2.05) is 17.5 Å². The largest absolute Gasteiger partial charge is 0.477 e. The Hall–Kier alpha value is -2.02. The van der Waals surface area contributed by atoms with Crippen LogP contribution in [0, 0.1) is 0 Å². The molecule has 0 aliphatic heterocycles. The summed E-state index contributed by atoms with van der Waals surface area (Å²) in [6, 6.07) is 8.57. The van der Waals surface area contributed by atoms with Gasteiger partial charge in [0.1, 0.15) is 24.3 Å². The number of halogens is 2. The summed E-state index contributed by atoms with van der Waals surface area (Å²) >= 11 is 13.4. The molecule has 0 amide bonds. The average Bonchev–Trinajstić information content (AvgIpc) is 3.26. The van der Waals surface area contributed by atoms with E-state index in [2.05, 4.69) is 4.98 Å². The van der Waals surface area contributed by atoms with Crippen LogP contribution in [0.3, 0.4) is 0 Å². The molecule has 1 atom stereocenters. The quantitative estimate of drug-likeness (QED) is 0.533. The first-order valence-electron chi connectivity index (χ1n) is 7.29. The van der Waals surface area contributed by atoms with E-state index in [-0.39, 0.29) is 6.61 Å². The van der Waals surface area contributed by atoms with Crippen LogP contribution in [-0.4, -0.2) is 17.1 Å². The highest BCUT2D eigenvalue weighted by Gasteiger charge is 2.19. The second kappa shape index (κ2) is 7.91. The lowest BCUT2D eigenvalue weighted by Crippen LogP contribution is -2.26. The molecule has 0 bridgehead atoms. The fourth-order valence-electron chi connectivity index (χ4n) is 1.96. The lowest BCUT2D eigenvalue weighted by molar-refractivity contribution is -0.152. The smallest absolute Gasteiger partial charge is 0.347 e. The maximum atomic E-state index is 12.1. The van der Waals surface area contributed by atoms with E-state index < -0.39 is 12.1 Å². The van der Waals surface area contributed by atoms with E-state index in [4.69, 9.17) is 37.1 Å². The Morgan fingerprint density at radius 1 is 1.36 bits per heavy atom. The zero-order valence-corrected chi connectivity index (χ0v) is 15.4. The SMILES string of the molecule is C[C@@H](Oc1ccc(Cl)cc1Cl)C(=O)OCc1coc(-c2cccs2)n1. The maximum Gasteiger partial charge on any atom is 0.347 e. The van der Waals surface area contributed by atoms with Gasteiger partial charge in [0.25, 0.3) is 0 Å². The molecule has 0 aliphatic rings. The molecular weight excluding hydrogens is 385 g/mol. The Bertz CT molecular complexity index is 863. The first kappa shape index (κ1) is 17.8. The van der Waals surface area contributed by atoms with Gasteiger partial charge in [0, 0.05) is 5.02 Å². The van der Waals surface area contributed by atoms with Crippen LogP contribution >= 0.6 is 34.5 Å². The number of hydrogen-bond acceptors (Lipinski definition) is 6. The van der Waals surface area contributed by atoms with Crippen molar-refractivity contribution < 1.29 is 18.7 Å². The summed E-state index contributed by atoms with van der Waals surface area (Å²) in [5.41, 5.74) is 0.522. The molecule has 0 saturated carbocycles. The number of rotatable bonds is 6. The number of carbonyl (C=O) groups is 1. The number of esters is 1. The molecule has 5 nitrogen and oxygen atoms in total. The Morgan fingerprint density at radius 2 is 2.20 bits per heavy atom. The number of nitrogens with zero attached hydrogens (tertiary/aromatic N) is 1. The molecule has 0 radical (unpaired) electrons. The van der Waals surface area contributed by atoms with Crippen molar-refractivity contribution in [1.82, 2.24) is 4.98 Å². The summed E-state index contributed by atoms with van der Waals surface area (Å²) in [4.78, 5) is 17.3. The van der Waals surface area contributed by atoms with Crippen molar-refractivity contribution in [3.63, 3.8) is 0 Å². The third-order valence-corrected chi connectivity index (χ3v) is 4.56. The Morgan fingerprint density at radius 3 is 2.92 bits per heavy atom. The molecule has 0 fully saturated rings. The van der Waals surface area contributed by atoms with Gasteiger partial charge in [-0.3, -0.25) is 0 Å². The Balaban J connectivity index is 1.55. The molecule has 25 heavy (non-hydrogen) atoms. The van der Waals surface area contributed by atoms with Crippen LogP contribution in [0.4, 0.5) is 0 Å². The van der Waals surface area contributed by atoms with Crippen LogP contribution in [0.1, 0.15) is 12.6 Å². The first-order valence-corrected chi connectivity index (χ1v) is 8.93. The van der Waals surface area contributed by atoms with Gasteiger partial charge in [-0.15, -0.1) is 11.3 Å². The average molecular weight is 398 g/mol. The van der Waals surface area contributed by atoms with Crippen molar-refractivity contribution >= 4 is 40.5 Å². The lowest BCUT2D eigenvalue weighted by atomic mass is 10.3. The monoisotopic (exact) mass is 397 g/mol. The van der Waals surface area contributed by atoms with Gasteiger partial charge < -0.3 is 13.9 Å². The van der Waals surface area contributed by atoms with E-state index in [0.29, 0.717) is 27.4 Å². The maximum absolute atomic E-state index is 12.1. The highest BCUT2D eigenvalue weighted by Crippen LogP contribution is 2.28. The third-order valence-electron chi connectivity index (χ3n) is 3.18. The van der Waals surface area contributed by atoms with Gasteiger partial charge in [-0.25, -0.2) is 9.78 Å². The summed E-state index contributed by atoms with van der Waals surface area (Å²) in [6.45, 7) is 1.57. The molecular formula is C17H13Cl2NO4S. The van der Waals surface area contributed by atoms with Crippen molar-refractivity contribution in [2.45, 2.75) is 19.6 Å². The van der Waals surface area contributed by atoms with Crippen molar-refractivity contribution in [2.75, 3.05) is 0 Å². The summed E-state index contributed by atoms with van der Waals surface area (Å²) in [6.07, 6.45) is 0.631. The zero-order valence-electron chi connectivity index (χ0n) is 13.1. The topological polar surface area (TPSA) is 61.6 Å². The van der Waals surface area contributed by atoms with Gasteiger partial charge >= 0.3 is 5.97 Å². The van der Waals surface area contributed by atoms with Crippen LogP contribution in [0.2, 0.25) is 10.0 Å². The van der Waals surface area contributed by atoms with Gasteiger partial charge in [0.15, 0.2) is 6.10 Å². The molecule has 2 heterocycles. The molecule has 2 aromatic heterocycles. The summed E-state index contributed by atoms with van der Waals surface area (Å²) in [7, 11) is 0. The molecule has 0 saturated heterocycles. The van der Waals surface area contributed by atoms with Crippen LogP contribution in [-0.2, 0) is 16.1 Å². The van der Waals surface area contributed by atoms with E-state index >= 15 is 0 Å². The van der Waals surface area contributed by atoms with Crippen LogP contribution in [0.15, 0.2) is 46.4 Å². The standard InChI is InChI=1S/C17H13Cl2NO4S/c1-10(24-14-5-4-11(18)7-13(14)19)17(21)23-9-12-8-22-16(20-12)15-3-2-6-25-15/h2-8,10H,9H2,1H3/t10-/m1/s1. The van der Waals surface area contributed by atoms with Crippen molar-refractivity contribution in [1.29, 1.82) is 0 Å². The molecule has 3 aromatic rings. The van der Waals surface area contributed by atoms with Gasteiger partial charge in [-0.05, 0) is 36.6 Å². The number of carbonyl (C=O) groups excluding carboxylic acids is 1. The minimum atomic E-state index is -0.831. The third kappa shape index (κ3) is 4.54. The number of aromatic nitrogens is 1. The van der Waals surface area contributed by atoms with Gasteiger partial charge in [-0.1, -0.05) is 29.3 Å². The number of ether oxygens (including phenoxy) is 2. The predicted molar refractivity (Wildman–Crippen MR) is 96.2 cm³/mol. The van der Waals surface area contributed by atoms with Crippen molar-refractivity contribution in [2.24, 2.45) is 0 Å². The summed E-state index contributed by atoms with van der Waals surface area (Å²) in [5.74, 6) is 0.321. The molecule has 3 rings (SSSR count). The highest BCUT2D eigenvalue weighted by atomic mass is 35.5. The second-order valence-electron chi connectivity index (χ2n) is 5.06. The van der Waals surface area contributed by atoms with E-state index in [1.54, 1.807) is 19.1 Å². The summed E-state index contributed by atoms with van der Waals surface area (Å²) in [5, 5.41) is 2.74. The van der Waals surface area contributed by atoms with Crippen LogP contribution in [0.25, 0.3) is 10.8 Å². The minimum absolute atomic E-state index is 0.00421. The zero-order chi connectivity index (χ0) is 17.8. The number of oxazole rings is 1. The van der Waals surface area contributed by atoms with E-state index in [9.17, 15) is 4.79 Å². The molecule has 0 spiro atoms. The van der Waals surface area contributed by atoms with E-state index in [0.717, 1.165) is 4.88 Å². The lowest BCUT2D eigenvalue weighted by Gasteiger charge is -2.14. The van der Waals surface area contributed by atoms with Crippen LogP contribution in [0.5, 0.6) is 5.75 Å². The fourth-order valence-corrected chi connectivity index (χ4v) is 3.07. The minimum Gasteiger partial charge on any atom is -0.477 e. The molecule has 0 N–H and O–H groups in total. The summed E-state index contributed by atoms with van der Waals surface area (Å²) < 4.78 is 16.1. The first-order chi connectivity index (χ1) is 12.0. The van der Waals surface area contributed by atoms with Gasteiger partial charge in [0.2, 0.25) is 5.89 Å². The molecule has 0 aliphatic carbocycles. The Labute approximate surface area is 158 Å². The molecule has 130 valence electrons. The number of benzene rings is 1.